The molecule has 1 aliphatic rings. The fraction of sp³-hybridized carbons (Fsp3) is 0.364. The number of carbonyl (C=O) groups excluding carboxylic acids is 2. The molecule has 1 fully saturated rings. The summed E-state index contributed by atoms with van der Waals surface area (Å²) in [4.78, 5) is 24.5. The van der Waals surface area contributed by atoms with E-state index in [1.54, 1.807) is 0 Å². The highest BCUT2D eigenvalue weighted by molar-refractivity contribution is 6.39. The van der Waals surface area contributed by atoms with Gasteiger partial charge in [0.2, 0.25) is 0 Å². The molecular weight excluding hydrogens is 324 g/mol. The molecule has 1 aliphatic carbocycles. The Hall–Kier alpha value is -2.62. The third-order valence-electron chi connectivity index (χ3n) is 5.51. The van der Waals surface area contributed by atoms with Crippen molar-refractivity contribution in [2.45, 2.75) is 44.9 Å². The summed E-state index contributed by atoms with van der Waals surface area (Å²) in [5, 5.41) is 5.55. The van der Waals surface area contributed by atoms with Crippen LogP contribution in [-0.4, -0.2) is 18.4 Å². The second kappa shape index (κ2) is 7.73. The minimum Gasteiger partial charge on any atom is -0.347 e. The van der Waals surface area contributed by atoms with E-state index in [1.165, 1.54) is 5.56 Å². The van der Waals surface area contributed by atoms with Crippen molar-refractivity contribution >= 4 is 17.5 Å². The summed E-state index contributed by atoms with van der Waals surface area (Å²) < 4.78 is 0. The number of hydrogen-bond donors (Lipinski definition) is 2. The van der Waals surface area contributed by atoms with Crippen LogP contribution in [0.2, 0.25) is 0 Å². The van der Waals surface area contributed by atoms with Gasteiger partial charge in [0.25, 0.3) is 0 Å². The van der Waals surface area contributed by atoms with Gasteiger partial charge >= 0.3 is 11.8 Å². The Morgan fingerprint density at radius 3 is 2.27 bits per heavy atom. The van der Waals surface area contributed by atoms with Crippen molar-refractivity contribution in [3.63, 3.8) is 0 Å². The van der Waals surface area contributed by atoms with E-state index < -0.39 is 11.8 Å². The molecule has 0 aliphatic heterocycles. The van der Waals surface area contributed by atoms with Gasteiger partial charge in [-0.3, -0.25) is 9.59 Å². The third kappa shape index (κ3) is 3.96. The molecule has 0 unspecified atom stereocenters. The van der Waals surface area contributed by atoms with Gasteiger partial charge < -0.3 is 10.6 Å². The lowest BCUT2D eigenvalue weighted by Crippen LogP contribution is -2.43. The second-order valence-electron chi connectivity index (χ2n) is 7.29. The molecule has 26 heavy (non-hydrogen) atoms. The van der Waals surface area contributed by atoms with Gasteiger partial charge in [0, 0.05) is 17.6 Å². The van der Waals surface area contributed by atoms with Crippen LogP contribution in [0.4, 0.5) is 5.69 Å². The summed E-state index contributed by atoms with van der Waals surface area (Å²) in [5.41, 5.74) is 4.06. The van der Waals surface area contributed by atoms with Gasteiger partial charge in [-0.15, -0.1) is 0 Å². The lowest BCUT2D eigenvalue weighted by molar-refractivity contribution is -0.136. The molecule has 0 heterocycles. The van der Waals surface area contributed by atoms with Crippen molar-refractivity contribution in [1.29, 1.82) is 0 Å². The van der Waals surface area contributed by atoms with Crippen LogP contribution in [0.3, 0.4) is 0 Å². The zero-order valence-corrected chi connectivity index (χ0v) is 15.5. The third-order valence-corrected chi connectivity index (χ3v) is 5.51. The molecule has 4 heteroatoms. The van der Waals surface area contributed by atoms with Crippen LogP contribution in [0.1, 0.15) is 42.4 Å². The number of aryl methyl sites for hydroxylation is 2. The summed E-state index contributed by atoms with van der Waals surface area (Å²) in [6.07, 6.45) is 4.38. The van der Waals surface area contributed by atoms with Gasteiger partial charge in [-0.1, -0.05) is 49.2 Å². The monoisotopic (exact) mass is 350 g/mol. The summed E-state index contributed by atoms with van der Waals surface area (Å²) in [5.74, 6) is -1.19. The summed E-state index contributed by atoms with van der Waals surface area (Å²) in [7, 11) is 0. The summed E-state index contributed by atoms with van der Waals surface area (Å²) in [6.45, 7) is 4.49. The van der Waals surface area contributed by atoms with Crippen molar-refractivity contribution in [3.05, 3.63) is 65.2 Å². The van der Waals surface area contributed by atoms with E-state index in [4.69, 9.17) is 0 Å². The van der Waals surface area contributed by atoms with E-state index >= 15 is 0 Å². The molecule has 4 nitrogen and oxygen atoms in total. The Morgan fingerprint density at radius 1 is 0.923 bits per heavy atom. The largest absolute Gasteiger partial charge is 0.347 e. The van der Waals surface area contributed by atoms with Gasteiger partial charge in [0.15, 0.2) is 0 Å². The van der Waals surface area contributed by atoms with Crippen molar-refractivity contribution in [2.75, 3.05) is 11.9 Å². The quantitative estimate of drug-likeness (QED) is 0.823. The molecule has 2 aromatic rings. The minimum absolute atomic E-state index is 0.0579. The number of anilines is 1. The lowest BCUT2D eigenvalue weighted by Gasteiger charge is -2.29. The van der Waals surface area contributed by atoms with E-state index in [0.717, 1.165) is 36.8 Å². The first-order valence-corrected chi connectivity index (χ1v) is 9.22. The van der Waals surface area contributed by atoms with Crippen molar-refractivity contribution < 1.29 is 9.59 Å². The highest BCUT2D eigenvalue weighted by Crippen LogP contribution is 2.40. The molecule has 136 valence electrons. The first kappa shape index (κ1) is 18.2. The molecule has 0 radical (unpaired) electrons. The summed E-state index contributed by atoms with van der Waals surface area (Å²) >= 11 is 0. The normalized spacial score (nSPS) is 15.5. The molecular formula is C22H26N2O2. The molecule has 0 atom stereocenters. The molecule has 0 spiro atoms. The number of amides is 2. The SMILES string of the molecule is Cc1ccc(NC(=O)C(=O)NCC2(c3ccccc3)CCCC2)cc1C. The van der Waals surface area contributed by atoms with Crippen molar-refractivity contribution in [1.82, 2.24) is 5.32 Å². The highest BCUT2D eigenvalue weighted by atomic mass is 16.2. The average molecular weight is 350 g/mol. The Balaban J connectivity index is 1.63. The molecule has 1 saturated carbocycles. The molecule has 0 bridgehead atoms. The zero-order valence-electron chi connectivity index (χ0n) is 15.5. The van der Waals surface area contributed by atoms with Gasteiger partial charge in [-0.25, -0.2) is 0 Å². The van der Waals surface area contributed by atoms with Gasteiger partial charge in [-0.2, -0.15) is 0 Å². The second-order valence-corrected chi connectivity index (χ2v) is 7.29. The fourth-order valence-electron chi connectivity index (χ4n) is 3.75. The number of hydrogen-bond acceptors (Lipinski definition) is 2. The number of carbonyl (C=O) groups is 2. The fourth-order valence-corrected chi connectivity index (χ4v) is 3.75. The van der Waals surface area contributed by atoms with Crippen LogP contribution in [0.5, 0.6) is 0 Å². The number of nitrogens with one attached hydrogen (secondary N) is 2. The molecule has 2 aromatic carbocycles. The maximum Gasteiger partial charge on any atom is 0.313 e. The zero-order chi connectivity index (χ0) is 18.6. The van der Waals surface area contributed by atoms with Crippen LogP contribution in [0.15, 0.2) is 48.5 Å². The summed E-state index contributed by atoms with van der Waals surface area (Å²) in [6, 6.07) is 15.9. The van der Waals surface area contributed by atoms with Gasteiger partial charge in [0.05, 0.1) is 0 Å². The Labute approximate surface area is 155 Å². The molecule has 0 saturated heterocycles. The van der Waals surface area contributed by atoms with Crippen LogP contribution in [0, 0.1) is 13.8 Å². The van der Waals surface area contributed by atoms with Crippen LogP contribution < -0.4 is 10.6 Å². The minimum atomic E-state index is -0.616. The van der Waals surface area contributed by atoms with E-state index in [-0.39, 0.29) is 5.41 Å². The first-order valence-electron chi connectivity index (χ1n) is 9.22. The van der Waals surface area contributed by atoms with E-state index in [0.29, 0.717) is 12.2 Å². The predicted molar refractivity (Wildman–Crippen MR) is 104 cm³/mol. The van der Waals surface area contributed by atoms with Crippen molar-refractivity contribution in [2.24, 2.45) is 0 Å². The van der Waals surface area contributed by atoms with E-state index in [2.05, 4.69) is 22.8 Å². The van der Waals surface area contributed by atoms with Gasteiger partial charge in [0.1, 0.15) is 0 Å². The van der Waals surface area contributed by atoms with Crippen molar-refractivity contribution in [3.8, 4) is 0 Å². The number of rotatable bonds is 4. The first-order chi connectivity index (χ1) is 12.5. The van der Waals surface area contributed by atoms with E-state index in [9.17, 15) is 9.59 Å². The smallest absolute Gasteiger partial charge is 0.313 e. The lowest BCUT2D eigenvalue weighted by atomic mass is 9.79. The van der Waals surface area contributed by atoms with Crippen LogP contribution in [-0.2, 0) is 15.0 Å². The Kier molecular flexibility index (Phi) is 5.40. The molecule has 2 N–H and O–H groups in total. The van der Waals surface area contributed by atoms with Gasteiger partial charge in [-0.05, 0) is 55.5 Å². The topological polar surface area (TPSA) is 58.2 Å². The molecule has 3 rings (SSSR count). The maximum atomic E-state index is 12.3. The van der Waals surface area contributed by atoms with Crippen LogP contribution in [0.25, 0.3) is 0 Å². The Bertz CT molecular complexity index is 793. The standard InChI is InChI=1S/C22H26N2O2/c1-16-10-11-19(14-17(16)2)24-21(26)20(25)23-15-22(12-6-7-13-22)18-8-4-3-5-9-18/h3-5,8-11,14H,6-7,12-13,15H2,1-2H3,(H,23,25)(H,24,26). The molecule has 0 aromatic heterocycles. The Morgan fingerprint density at radius 2 is 1.62 bits per heavy atom. The average Bonchev–Trinajstić information content (AvgIpc) is 3.14. The highest BCUT2D eigenvalue weighted by Gasteiger charge is 2.36. The predicted octanol–water partition coefficient (Wildman–Crippen LogP) is 3.87. The van der Waals surface area contributed by atoms with Crippen LogP contribution >= 0.6 is 0 Å². The maximum absolute atomic E-state index is 12.3. The van der Waals surface area contributed by atoms with E-state index in [1.807, 2.05) is 50.2 Å². The molecule has 2 amide bonds. The number of benzene rings is 2.